The molecule has 0 aliphatic carbocycles. The molecule has 0 aromatic carbocycles. The van der Waals surface area contributed by atoms with Crippen LogP contribution < -0.4 is 9.30 Å². The molecule has 1 aliphatic rings. The zero-order chi connectivity index (χ0) is 11.2. The molecule has 1 rings (SSSR count). The molecule has 3 nitrogen and oxygen atoms in total. The van der Waals surface area contributed by atoms with E-state index in [1.165, 1.54) is 0 Å². The Bertz CT molecular complexity index is 209. The zero-order valence-electron chi connectivity index (χ0n) is 10.7. The summed E-state index contributed by atoms with van der Waals surface area (Å²) in [6, 6.07) is 0. The van der Waals surface area contributed by atoms with Crippen molar-refractivity contribution in [3.8, 4) is 0 Å². The van der Waals surface area contributed by atoms with E-state index in [0.29, 0.717) is 0 Å². The molecule has 0 bridgehead atoms. The average molecular weight is 264 g/mol. The monoisotopic (exact) mass is 263 g/mol. The molecule has 2 N–H and O–H groups in total. The van der Waals surface area contributed by atoms with Gasteiger partial charge in [-0.15, -0.1) is 0 Å². The number of hydrogen-bond acceptors (Lipinski definition) is 3. The van der Waals surface area contributed by atoms with Gasteiger partial charge in [-0.25, -0.2) is 0 Å². The second-order valence-corrected chi connectivity index (χ2v) is 21.3. The summed E-state index contributed by atoms with van der Waals surface area (Å²) >= 11 is 0. The standard InChI is InChI=1S/C7H25N3Si4/c1-11-10-13(4,5)8-12(2,3)9-14(10,6)7/h8-9H,11H2,1-7H3. The van der Waals surface area contributed by atoms with Crippen LogP contribution in [0.3, 0.4) is 0 Å². The van der Waals surface area contributed by atoms with Crippen LogP contribution >= 0.6 is 0 Å². The lowest BCUT2D eigenvalue weighted by atomic mass is 11.9. The first-order chi connectivity index (χ1) is 6.11. The highest BCUT2D eigenvalue weighted by atomic mass is 28.5. The van der Waals surface area contributed by atoms with Gasteiger partial charge in [0.2, 0.25) is 0 Å². The van der Waals surface area contributed by atoms with E-state index in [4.69, 9.17) is 0 Å². The van der Waals surface area contributed by atoms with Crippen LogP contribution in [-0.2, 0) is 0 Å². The molecule has 7 heteroatoms. The number of hydrogen-bond donors (Lipinski definition) is 2. The third-order valence-corrected chi connectivity index (χ3v) is 26.1. The first-order valence-corrected chi connectivity index (χ1v) is 16.4. The number of nitrogens with one attached hydrogen (secondary N) is 2. The summed E-state index contributed by atoms with van der Waals surface area (Å²) in [6.07, 6.45) is 0. The van der Waals surface area contributed by atoms with Crippen molar-refractivity contribution in [3.05, 3.63) is 0 Å². The van der Waals surface area contributed by atoms with Crippen LogP contribution in [-0.4, -0.2) is 38.8 Å². The SMILES string of the molecule is C[SiH2]N1[Si](C)(C)N[Si](C)(C)N[Si]1(C)C. The van der Waals surface area contributed by atoms with Crippen molar-refractivity contribution in [2.75, 3.05) is 0 Å². The maximum atomic E-state index is 3.95. The predicted molar refractivity (Wildman–Crippen MR) is 75.0 cm³/mol. The second-order valence-electron chi connectivity index (χ2n) is 5.74. The lowest BCUT2D eigenvalue weighted by Gasteiger charge is -2.57. The quantitative estimate of drug-likeness (QED) is 0.683. The summed E-state index contributed by atoms with van der Waals surface area (Å²) in [5.74, 6) is 0. The molecular weight excluding hydrogens is 238 g/mol. The fourth-order valence-electron chi connectivity index (χ4n) is 3.19. The summed E-state index contributed by atoms with van der Waals surface area (Å²) in [4.78, 5) is 0. The van der Waals surface area contributed by atoms with Crippen LogP contribution in [0.5, 0.6) is 0 Å². The Labute approximate surface area is 94.1 Å². The van der Waals surface area contributed by atoms with E-state index in [1.54, 1.807) is 0 Å². The van der Waals surface area contributed by atoms with Crippen LogP contribution in [0, 0.1) is 0 Å². The van der Waals surface area contributed by atoms with Crippen LogP contribution in [0.4, 0.5) is 0 Å². The van der Waals surface area contributed by atoms with E-state index >= 15 is 0 Å². The third-order valence-electron chi connectivity index (χ3n) is 2.90. The second kappa shape index (κ2) is 3.65. The van der Waals surface area contributed by atoms with Gasteiger partial charge >= 0.3 is 0 Å². The largest absolute Gasteiger partial charge is 0.350 e. The Hall–Kier alpha value is 0.748. The molecular formula is C7H25N3Si4. The van der Waals surface area contributed by atoms with Gasteiger partial charge in [0.1, 0.15) is 0 Å². The van der Waals surface area contributed by atoms with Crippen molar-refractivity contribution in [1.82, 2.24) is 13.2 Å². The van der Waals surface area contributed by atoms with Crippen LogP contribution in [0.2, 0.25) is 45.8 Å². The Balaban J connectivity index is 2.99. The first-order valence-electron chi connectivity index (χ1n) is 5.47. The average Bonchev–Trinajstić information content (AvgIpc) is 1.76. The van der Waals surface area contributed by atoms with Gasteiger partial charge in [0.05, 0.1) is 9.68 Å². The molecule has 0 aromatic rings. The van der Waals surface area contributed by atoms with Gasteiger partial charge in [-0.1, -0.05) is 6.55 Å². The molecule has 1 saturated heterocycles. The van der Waals surface area contributed by atoms with Gasteiger partial charge in [0, 0.05) is 0 Å². The molecule has 84 valence electrons. The molecule has 1 aliphatic heterocycles. The molecule has 0 amide bonds. The first kappa shape index (κ1) is 12.8. The van der Waals surface area contributed by atoms with E-state index in [0.717, 1.165) is 0 Å². The molecule has 14 heavy (non-hydrogen) atoms. The van der Waals surface area contributed by atoms with Crippen molar-refractivity contribution in [2.24, 2.45) is 0 Å². The summed E-state index contributed by atoms with van der Waals surface area (Å²) in [5.41, 5.74) is 0. The molecule has 0 aromatic heterocycles. The summed E-state index contributed by atoms with van der Waals surface area (Å²) in [7, 11) is -3.92. The Kier molecular flexibility index (Phi) is 3.34. The van der Waals surface area contributed by atoms with Gasteiger partial charge in [-0.3, -0.25) is 0 Å². The molecule has 0 saturated carbocycles. The van der Waals surface area contributed by atoms with Crippen molar-refractivity contribution < 1.29 is 0 Å². The summed E-state index contributed by atoms with van der Waals surface area (Å²) < 4.78 is 10.8. The highest BCUT2D eigenvalue weighted by molar-refractivity contribution is 7.07. The minimum Gasteiger partial charge on any atom is -0.350 e. The Morgan fingerprint density at radius 1 is 0.857 bits per heavy atom. The third kappa shape index (κ3) is 2.46. The summed E-state index contributed by atoms with van der Waals surface area (Å²) in [6.45, 7) is 17.2. The Morgan fingerprint density at radius 3 is 1.50 bits per heavy atom. The minimum atomic E-state index is -1.32. The zero-order valence-corrected chi connectivity index (χ0v) is 15.1. The van der Waals surface area contributed by atoms with Crippen LogP contribution in [0.25, 0.3) is 0 Å². The van der Waals surface area contributed by atoms with Crippen molar-refractivity contribution in [3.63, 3.8) is 0 Å². The van der Waals surface area contributed by atoms with Crippen LogP contribution in [0.15, 0.2) is 0 Å². The maximum absolute atomic E-state index is 3.95. The van der Waals surface area contributed by atoms with E-state index in [1.807, 2.05) is 0 Å². The molecule has 1 fully saturated rings. The summed E-state index contributed by atoms with van der Waals surface area (Å²) in [5, 5.41) is 0. The van der Waals surface area contributed by atoms with Crippen molar-refractivity contribution in [2.45, 2.75) is 45.8 Å². The topological polar surface area (TPSA) is 27.3 Å². The van der Waals surface area contributed by atoms with Crippen molar-refractivity contribution in [1.29, 1.82) is 0 Å². The molecule has 0 spiro atoms. The van der Waals surface area contributed by atoms with E-state index < -0.39 is 25.2 Å². The predicted octanol–water partition coefficient (Wildman–Crippen LogP) is 0.718. The highest BCUT2D eigenvalue weighted by Crippen LogP contribution is 2.22. The van der Waals surface area contributed by atoms with Gasteiger partial charge in [-0.2, -0.15) is 0 Å². The fourth-order valence-corrected chi connectivity index (χ4v) is 31.7. The van der Waals surface area contributed by atoms with Crippen LogP contribution in [0.1, 0.15) is 0 Å². The van der Waals surface area contributed by atoms with Gasteiger partial charge in [0.25, 0.3) is 0 Å². The molecule has 0 atom stereocenters. The smallest absolute Gasteiger partial charge is 0.183 e. The molecule has 1 heterocycles. The lowest BCUT2D eigenvalue weighted by molar-refractivity contribution is 0.844. The normalized spacial score (nSPS) is 31.1. The highest BCUT2D eigenvalue weighted by Gasteiger charge is 2.50. The fraction of sp³-hybridized carbons (Fsp3) is 1.00. The van der Waals surface area contributed by atoms with Gasteiger partial charge in [-0.05, 0) is 39.3 Å². The maximum Gasteiger partial charge on any atom is 0.183 e. The number of rotatable bonds is 1. The molecule has 0 unspecified atom stereocenters. The van der Waals surface area contributed by atoms with E-state index in [9.17, 15) is 0 Å². The minimum absolute atomic E-state index is 0.0348. The lowest BCUT2D eigenvalue weighted by Crippen LogP contribution is -2.88. The van der Waals surface area contributed by atoms with E-state index in [-0.39, 0.29) is 9.68 Å². The van der Waals surface area contributed by atoms with Crippen molar-refractivity contribution >= 4 is 34.9 Å². The number of nitrogens with zero attached hydrogens (tertiary/aromatic N) is 1. The van der Waals surface area contributed by atoms with E-state index in [2.05, 4.69) is 59.0 Å². The molecule has 0 radical (unpaired) electrons. The Morgan fingerprint density at radius 2 is 1.21 bits per heavy atom. The van der Waals surface area contributed by atoms with Gasteiger partial charge in [0.15, 0.2) is 25.2 Å². The van der Waals surface area contributed by atoms with Gasteiger partial charge < -0.3 is 13.2 Å².